The Labute approximate surface area is 120 Å². The molecule has 1 amide bonds. The number of aromatic nitrogens is 1. The third-order valence-electron chi connectivity index (χ3n) is 2.57. The van der Waals surface area contributed by atoms with Gasteiger partial charge in [-0.05, 0) is 43.3 Å². The molecule has 0 spiro atoms. The van der Waals surface area contributed by atoms with E-state index >= 15 is 0 Å². The Hall–Kier alpha value is -1.88. The van der Waals surface area contributed by atoms with Crippen LogP contribution < -0.4 is 10.6 Å². The molecule has 0 unspecified atom stereocenters. The number of anilines is 2. The summed E-state index contributed by atoms with van der Waals surface area (Å²) >= 11 is 3.36. The lowest BCUT2D eigenvalue weighted by Gasteiger charge is -2.08. The van der Waals surface area contributed by atoms with Gasteiger partial charge >= 0.3 is 0 Å². The number of halogens is 1. The van der Waals surface area contributed by atoms with Gasteiger partial charge in [0.25, 0.3) is 5.91 Å². The highest BCUT2D eigenvalue weighted by Crippen LogP contribution is 2.16. The zero-order valence-corrected chi connectivity index (χ0v) is 12.3. The maximum atomic E-state index is 12.1. The molecular formula is C14H14BrN3O. The van der Waals surface area contributed by atoms with Crippen LogP contribution in [0.4, 0.5) is 11.5 Å². The third kappa shape index (κ3) is 3.54. The van der Waals surface area contributed by atoms with Gasteiger partial charge in [-0.2, -0.15) is 0 Å². The van der Waals surface area contributed by atoms with Gasteiger partial charge in [0.1, 0.15) is 5.82 Å². The average molecular weight is 320 g/mol. The lowest BCUT2D eigenvalue weighted by molar-refractivity contribution is 0.102. The Bertz CT molecular complexity index is 596. The molecule has 2 aromatic rings. The number of benzene rings is 1. The van der Waals surface area contributed by atoms with Crippen molar-refractivity contribution in [3.63, 3.8) is 0 Å². The topological polar surface area (TPSA) is 54.0 Å². The first-order valence-corrected chi connectivity index (χ1v) is 6.61. The Morgan fingerprint density at radius 2 is 1.89 bits per heavy atom. The molecule has 0 saturated heterocycles. The molecule has 0 bridgehead atoms. The van der Waals surface area contributed by atoms with Crippen LogP contribution in [0, 0.1) is 6.92 Å². The van der Waals surface area contributed by atoms with Gasteiger partial charge in [-0.3, -0.25) is 4.79 Å². The van der Waals surface area contributed by atoms with Gasteiger partial charge in [-0.15, -0.1) is 0 Å². The summed E-state index contributed by atoms with van der Waals surface area (Å²) in [5.74, 6) is 0.533. The largest absolute Gasteiger partial charge is 0.373 e. The molecule has 0 aliphatic rings. The highest BCUT2D eigenvalue weighted by Gasteiger charge is 2.08. The lowest BCUT2D eigenvalue weighted by Crippen LogP contribution is -2.13. The van der Waals surface area contributed by atoms with Crippen LogP contribution in [-0.2, 0) is 0 Å². The fourth-order valence-electron chi connectivity index (χ4n) is 1.66. The molecule has 0 atom stereocenters. The quantitative estimate of drug-likeness (QED) is 0.911. The average Bonchev–Trinajstić information content (AvgIpc) is 2.40. The van der Waals surface area contributed by atoms with Gasteiger partial charge in [0.05, 0.1) is 0 Å². The summed E-state index contributed by atoms with van der Waals surface area (Å²) in [7, 11) is 1.78. The molecule has 0 aliphatic carbocycles. The van der Waals surface area contributed by atoms with Crippen molar-refractivity contribution in [1.29, 1.82) is 0 Å². The Morgan fingerprint density at radius 3 is 2.53 bits per heavy atom. The van der Waals surface area contributed by atoms with E-state index in [9.17, 15) is 4.79 Å². The number of amides is 1. The third-order valence-corrected chi connectivity index (χ3v) is 3.10. The smallest absolute Gasteiger partial charge is 0.255 e. The van der Waals surface area contributed by atoms with Crippen LogP contribution in [0.5, 0.6) is 0 Å². The minimum absolute atomic E-state index is 0.149. The van der Waals surface area contributed by atoms with Gasteiger partial charge in [0.2, 0.25) is 0 Å². The van der Waals surface area contributed by atoms with Crippen LogP contribution in [0.3, 0.4) is 0 Å². The molecular weight excluding hydrogens is 306 g/mol. The minimum atomic E-state index is -0.149. The minimum Gasteiger partial charge on any atom is -0.373 e. The van der Waals surface area contributed by atoms with Crippen molar-refractivity contribution >= 4 is 33.3 Å². The first-order chi connectivity index (χ1) is 9.08. The van der Waals surface area contributed by atoms with E-state index in [2.05, 4.69) is 31.5 Å². The molecule has 2 N–H and O–H groups in total. The molecule has 2 rings (SSSR count). The molecule has 0 saturated carbocycles. The van der Waals surface area contributed by atoms with Gasteiger partial charge < -0.3 is 10.6 Å². The molecule has 0 fully saturated rings. The predicted molar refractivity (Wildman–Crippen MR) is 80.6 cm³/mol. The molecule has 98 valence electrons. The summed E-state index contributed by atoms with van der Waals surface area (Å²) in [4.78, 5) is 16.4. The van der Waals surface area contributed by atoms with E-state index in [0.717, 1.165) is 15.9 Å². The van der Waals surface area contributed by atoms with Gasteiger partial charge in [-0.25, -0.2) is 4.98 Å². The van der Waals surface area contributed by atoms with Crippen LogP contribution in [-0.4, -0.2) is 17.9 Å². The molecule has 5 heteroatoms. The van der Waals surface area contributed by atoms with Crippen molar-refractivity contribution in [3.05, 3.63) is 52.1 Å². The molecule has 1 aromatic carbocycles. The number of nitrogens with zero attached hydrogens (tertiary/aromatic N) is 1. The van der Waals surface area contributed by atoms with Crippen LogP contribution in [0.1, 0.15) is 16.1 Å². The zero-order valence-electron chi connectivity index (χ0n) is 10.7. The lowest BCUT2D eigenvalue weighted by atomic mass is 10.2. The van der Waals surface area contributed by atoms with Crippen molar-refractivity contribution in [3.8, 4) is 0 Å². The van der Waals surface area contributed by atoms with Gasteiger partial charge in [-0.1, -0.05) is 15.9 Å². The standard InChI is InChI=1S/C14H14BrN3O/c1-9-7-10(8-13(16-2)17-9)14(19)18-12-5-3-11(15)4-6-12/h3-8H,1-2H3,(H,16,17)(H,18,19). The van der Waals surface area contributed by atoms with E-state index in [4.69, 9.17) is 0 Å². The molecule has 0 radical (unpaired) electrons. The summed E-state index contributed by atoms with van der Waals surface area (Å²) in [6.45, 7) is 1.86. The highest BCUT2D eigenvalue weighted by atomic mass is 79.9. The van der Waals surface area contributed by atoms with E-state index in [1.165, 1.54) is 0 Å². The molecule has 4 nitrogen and oxygen atoms in total. The predicted octanol–water partition coefficient (Wildman–Crippen LogP) is 3.45. The first kappa shape index (κ1) is 13.5. The number of pyridine rings is 1. The van der Waals surface area contributed by atoms with Crippen molar-refractivity contribution in [2.75, 3.05) is 17.7 Å². The molecule has 19 heavy (non-hydrogen) atoms. The van der Waals surface area contributed by atoms with Crippen molar-refractivity contribution in [2.45, 2.75) is 6.92 Å². The van der Waals surface area contributed by atoms with Gasteiger partial charge in [0, 0.05) is 28.5 Å². The summed E-state index contributed by atoms with van der Waals surface area (Å²) in [6.07, 6.45) is 0. The number of carbonyl (C=O) groups is 1. The van der Waals surface area contributed by atoms with Crippen molar-refractivity contribution in [2.24, 2.45) is 0 Å². The summed E-state index contributed by atoms with van der Waals surface area (Å²) in [5, 5.41) is 5.79. The fraction of sp³-hybridized carbons (Fsp3) is 0.143. The number of rotatable bonds is 3. The summed E-state index contributed by atoms with van der Waals surface area (Å²) in [6, 6.07) is 10.9. The normalized spacial score (nSPS) is 10.1. The number of carbonyl (C=O) groups excluding carboxylic acids is 1. The first-order valence-electron chi connectivity index (χ1n) is 5.82. The zero-order chi connectivity index (χ0) is 13.8. The molecule has 1 heterocycles. The summed E-state index contributed by atoms with van der Waals surface area (Å²) < 4.78 is 0.975. The van der Waals surface area contributed by atoms with Gasteiger partial charge in [0.15, 0.2) is 0 Å². The van der Waals surface area contributed by atoms with Crippen LogP contribution in [0.2, 0.25) is 0 Å². The second kappa shape index (κ2) is 5.84. The van der Waals surface area contributed by atoms with Crippen LogP contribution in [0.15, 0.2) is 40.9 Å². The fourth-order valence-corrected chi connectivity index (χ4v) is 1.93. The number of aryl methyl sites for hydroxylation is 1. The monoisotopic (exact) mass is 319 g/mol. The van der Waals surface area contributed by atoms with E-state index in [1.807, 2.05) is 31.2 Å². The Balaban J connectivity index is 2.20. The second-order valence-electron chi connectivity index (χ2n) is 4.09. The number of hydrogen-bond acceptors (Lipinski definition) is 3. The number of nitrogens with one attached hydrogen (secondary N) is 2. The Kier molecular flexibility index (Phi) is 4.16. The van der Waals surface area contributed by atoms with Crippen LogP contribution in [0.25, 0.3) is 0 Å². The van der Waals surface area contributed by atoms with E-state index in [0.29, 0.717) is 11.4 Å². The molecule has 1 aromatic heterocycles. The molecule has 0 aliphatic heterocycles. The Morgan fingerprint density at radius 1 is 1.21 bits per heavy atom. The maximum Gasteiger partial charge on any atom is 0.255 e. The van der Waals surface area contributed by atoms with E-state index < -0.39 is 0 Å². The van der Waals surface area contributed by atoms with Crippen molar-refractivity contribution < 1.29 is 4.79 Å². The number of hydrogen-bond donors (Lipinski definition) is 2. The maximum absolute atomic E-state index is 12.1. The van der Waals surface area contributed by atoms with Crippen molar-refractivity contribution in [1.82, 2.24) is 4.98 Å². The SMILES string of the molecule is CNc1cc(C(=O)Nc2ccc(Br)cc2)cc(C)n1. The second-order valence-corrected chi connectivity index (χ2v) is 5.01. The van der Waals surface area contributed by atoms with E-state index in [-0.39, 0.29) is 5.91 Å². The summed E-state index contributed by atoms with van der Waals surface area (Å²) in [5.41, 5.74) is 2.14. The van der Waals surface area contributed by atoms with Crippen LogP contribution >= 0.6 is 15.9 Å². The van der Waals surface area contributed by atoms with E-state index in [1.54, 1.807) is 19.2 Å². The highest BCUT2D eigenvalue weighted by molar-refractivity contribution is 9.10.